The Labute approximate surface area is 118 Å². The number of carbonyl (C=O) groups is 1. The maximum atomic E-state index is 10.5. The molecule has 1 aromatic rings. The van der Waals surface area contributed by atoms with Crippen molar-refractivity contribution >= 4 is 12.0 Å². The Morgan fingerprint density at radius 2 is 1.80 bits per heavy atom. The summed E-state index contributed by atoms with van der Waals surface area (Å²) in [6, 6.07) is 6.75. The van der Waals surface area contributed by atoms with Crippen molar-refractivity contribution in [3.05, 3.63) is 42.0 Å². The van der Waals surface area contributed by atoms with Gasteiger partial charge < -0.3 is 20.4 Å². The Kier molecular flexibility index (Phi) is 10.2. The van der Waals surface area contributed by atoms with Crippen molar-refractivity contribution in [2.24, 2.45) is 5.92 Å². The fraction of sp³-hybridized carbons (Fsp3) is 0.400. The third-order valence-corrected chi connectivity index (χ3v) is 2.70. The number of hydrogen-bond acceptors (Lipinski definition) is 4. The predicted molar refractivity (Wildman–Crippen MR) is 77.5 cm³/mol. The monoisotopic (exact) mass is 282 g/mol. The quantitative estimate of drug-likeness (QED) is 0.606. The first-order chi connectivity index (χ1) is 9.60. The first-order valence-corrected chi connectivity index (χ1v) is 6.38. The lowest BCUT2D eigenvalue weighted by atomic mass is 10.1. The number of benzene rings is 1. The summed E-state index contributed by atoms with van der Waals surface area (Å²) >= 11 is 0. The average molecular weight is 282 g/mol. The van der Waals surface area contributed by atoms with Gasteiger partial charge >= 0.3 is 5.97 Å². The molecule has 4 N–H and O–H groups in total. The van der Waals surface area contributed by atoms with E-state index in [1.165, 1.54) is 6.08 Å². The van der Waals surface area contributed by atoms with Gasteiger partial charge in [0.25, 0.3) is 0 Å². The molecule has 0 heterocycles. The topological polar surface area (TPSA) is 98.0 Å². The highest BCUT2D eigenvalue weighted by molar-refractivity contribution is 5.91. The SMILES string of the molecule is C=Cc1ccccc1C(=O)O.OCCCC(CO)CO. The zero-order valence-corrected chi connectivity index (χ0v) is 11.4. The standard InChI is InChI=1S/C9H8O2.C6H14O3/c1-2-7-5-3-4-6-8(7)9(10)11;7-3-1-2-6(4-8)5-9/h2-6H,1H2,(H,10,11);6-9H,1-5H2. The van der Waals surface area contributed by atoms with Crippen LogP contribution in [0, 0.1) is 5.92 Å². The molecule has 0 aromatic heterocycles. The number of aliphatic hydroxyl groups excluding tert-OH is 3. The summed E-state index contributed by atoms with van der Waals surface area (Å²) in [7, 11) is 0. The highest BCUT2D eigenvalue weighted by Crippen LogP contribution is 2.09. The molecule has 0 bridgehead atoms. The van der Waals surface area contributed by atoms with Crippen molar-refractivity contribution in [2.45, 2.75) is 12.8 Å². The first-order valence-electron chi connectivity index (χ1n) is 6.38. The molecule has 0 saturated carbocycles. The highest BCUT2D eigenvalue weighted by atomic mass is 16.4. The molecule has 0 fully saturated rings. The number of carboxylic acid groups (broad SMARTS) is 1. The van der Waals surface area contributed by atoms with E-state index in [-0.39, 0.29) is 25.7 Å². The van der Waals surface area contributed by atoms with Crippen molar-refractivity contribution in [1.29, 1.82) is 0 Å². The molecule has 0 spiro atoms. The van der Waals surface area contributed by atoms with Gasteiger partial charge in [0.15, 0.2) is 0 Å². The Balaban J connectivity index is 0.000000370. The predicted octanol–water partition coefficient (Wildman–Crippen LogP) is 1.39. The third kappa shape index (κ3) is 7.04. The van der Waals surface area contributed by atoms with E-state index in [4.69, 9.17) is 20.4 Å². The summed E-state index contributed by atoms with van der Waals surface area (Å²) in [6.07, 6.45) is 2.89. The Hall–Kier alpha value is -1.69. The summed E-state index contributed by atoms with van der Waals surface area (Å²) in [5.41, 5.74) is 0.947. The maximum absolute atomic E-state index is 10.5. The van der Waals surface area contributed by atoms with Crippen LogP contribution >= 0.6 is 0 Å². The van der Waals surface area contributed by atoms with Crippen LogP contribution in [0.4, 0.5) is 0 Å². The van der Waals surface area contributed by atoms with Gasteiger partial charge in [-0.05, 0) is 24.5 Å². The minimum atomic E-state index is -0.916. The van der Waals surface area contributed by atoms with Gasteiger partial charge in [0.05, 0.1) is 5.56 Å². The molecule has 20 heavy (non-hydrogen) atoms. The van der Waals surface area contributed by atoms with E-state index in [2.05, 4.69) is 6.58 Å². The molecule has 0 atom stereocenters. The summed E-state index contributed by atoms with van der Waals surface area (Å²) in [5.74, 6) is -0.961. The van der Waals surface area contributed by atoms with Crippen LogP contribution in [0.5, 0.6) is 0 Å². The molecule has 0 aliphatic rings. The van der Waals surface area contributed by atoms with Crippen LogP contribution in [0.1, 0.15) is 28.8 Å². The van der Waals surface area contributed by atoms with Crippen LogP contribution in [-0.2, 0) is 0 Å². The molecular weight excluding hydrogens is 260 g/mol. The molecule has 0 unspecified atom stereocenters. The van der Waals surface area contributed by atoms with Gasteiger partial charge in [-0.25, -0.2) is 4.79 Å². The van der Waals surface area contributed by atoms with Crippen molar-refractivity contribution in [1.82, 2.24) is 0 Å². The molecule has 1 rings (SSSR count). The first kappa shape index (κ1) is 18.3. The van der Waals surface area contributed by atoms with Crippen LogP contribution in [0.25, 0.3) is 6.08 Å². The van der Waals surface area contributed by atoms with Gasteiger partial charge in [-0.15, -0.1) is 0 Å². The summed E-state index contributed by atoms with van der Waals surface area (Å²) in [6.45, 7) is 3.67. The summed E-state index contributed by atoms with van der Waals surface area (Å²) in [5, 5.41) is 34.0. The molecule has 5 heteroatoms. The van der Waals surface area contributed by atoms with Gasteiger partial charge in [0, 0.05) is 25.7 Å². The molecule has 0 aliphatic heterocycles. The van der Waals surface area contributed by atoms with Crippen molar-refractivity contribution in [3.8, 4) is 0 Å². The normalized spacial score (nSPS) is 9.80. The molecule has 1 aromatic carbocycles. The zero-order chi connectivity index (χ0) is 15.4. The summed E-state index contributed by atoms with van der Waals surface area (Å²) in [4.78, 5) is 10.5. The van der Waals surface area contributed by atoms with Gasteiger partial charge in [0.2, 0.25) is 0 Å². The van der Waals surface area contributed by atoms with E-state index < -0.39 is 5.97 Å². The second kappa shape index (κ2) is 11.2. The van der Waals surface area contributed by atoms with Gasteiger partial charge in [-0.3, -0.25) is 0 Å². The largest absolute Gasteiger partial charge is 0.478 e. The van der Waals surface area contributed by atoms with Crippen LogP contribution < -0.4 is 0 Å². The molecule has 0 amide bonds. The van der Waals surface area contributed by atoms with E-state index in [1.807, 2.05) is 0 Å². The van der Waals surface area contributed by atoms with E-state index in [1.54, 1.807) is 24.3 Å². The lowest BCUT2D eigenvalue weighted by Crippen LogP contribution is -2.11. The minimum absolute atomic E-state index is 0.0104. The minimum Gasteiger partial charge on any atom is -0.478 e. The average Bonchev–Trinajstić information content (AvgIpc) is 2.49. The number of aliphatic hydroxyl groups is 3. The lowest BCUT2D eigenvalue weighted by Gasteiger charge is -2.07. The molecule has 5 nitrogen and oxygen atoms in total. The van der Waals surface area contributed by atoms with Crippen molar-refractivity contribution in [2.75, 3.05) is 19.8 Å². The smallest absolute Gasteiger partial charge is 0.336 e. The van der Waals surface area contributed by atoms with Crippen LogP contribution in [0.3, 0.4) is 0 Å². The fourth-order valence-electron chi connectivity index (χ4n) is 1.49. The van der Waals surface area contributed by atoms with Crippen LogP contribution in [-0.4, -0.2) is 46.2 Å². The van der Waals surface area contributed by atoms with E-state index in [0.717, 1.165) is 0 Å². The van der Waals surface area contributed by atoms with E-state index >= 15 is 0 Å². The number of carboxylic acids is 1. The van der Waals surface area contributed by atoms with E-state index in [9.17, 15) is 4.79 Å². The lowest BCUT2D eigenvalue weighted by molar-refractivity contribution is 0.0696. The van der Waals surface area contributed by atoms with Crippen LogP contribution in [0.15, 0.2) is 30.8 Å². The third-order valence-electron chi connectivity index (χ3n) is 2.70. The maximum Gasteiger partial charge on any atom is 0.336 e. The number of rotatable bonds is 7. The second-order valence-electron chi connectivity index (χ2n) is 4.19. The van der Waals surface area contributed by atoms with Crippen molar-refractivity contribution in [3.63, 3.8) is 0 Å². The Morgan fingerprint density at radius 1 is 1.20 bits per heavy atom. The fourth-order valence-corrected chi connectivity index (χ4v) is 1.49. The van der Waals surface area contributed by atoms with Gasteiger partial charge in [-0.1, -0.05) is 30.9 Å². The molecule has 112 valence electrons. The molecule has 0 aliphatic carbocycles. The molecule has 0 saturated heterocycles. The second-order valence-corrected chi connectivity index (χ2v) is 4.19. The van der Waals surface area contributed by atoms with Gasteiger partial charge in [-0.2, -0.15) is 0 Å². The molecule has 0 radical (unpaired) electrons. The molecular formula is C15H22O5. The number of aromatic carboxylic acids is 1. The van der Waals surface area contributed by atoms with E-state index in [0.29, 0.717) is 24.0 Å². The highest BCUT2D eigenvalue weighted by Gasteiger charge is 2.04. The van der Waals surface area contributed by atoms with Gasteiger partial charge in [0.1, 0.15) is 0 Å². The Morgan fingerprint density at radius 3 is 2.20 bits per heavy atom. The summed E-state index contributed by atoms with van der Waals surface area (Å²) < 4.78 is 0. The Bertz CT molecular complexity index is 399. The number of hydrogen-bond donors (Lipinski definition) is 4. The van der Waals surface area contributed by atoms with Crippen LogP contribution in [0.2, 0.25) is 0 Å². The zero-order valence-electron chi connectivity index (χ0n) is 11.4. The van der Waals surface area contributed by atoms with Crippen molar-refractivity contribution < 1.29 is 25.2 Å².